The number of aromatic amines is 1. The van der Waals surface area contributed by atoms with Gasteiger partial charge in [-0.2, -0.15) is 0 Å². The standard InChI is InChI=1S/C15H24N4/c1-15(2,7-8-16)14(19(3)4)11-5-6-12-13(9-11)18-10-17-12/h5-6,9-10,14H,7-8,16H2,1-4H3,(H,17,18). The van der Waals surface area contributed by atoms with Crippen LogP contribution in [-0.2, 0) is 0 Å². The van der Waals surface area contributed by atoms with Gasteiger partial charge in [-0.25, -0.2) is 4.98 Å². The minimum atomic E-state index is 0.131. The van der Waals surface area contributed by atoms with Gasteiger partial charge in [0.1, 0.15) is 0 Å². The molecule has 1 aromatic carbocycles. The molecule has 1 heterocycles. The van der Waals surface area contributed by atoms with Gasteiger partial charge in [0.2, 0.25) is 0 Å². The van der Waals surface area contributed by atoms with E-state index in [4.69, 9.17) is 5.73 Å². The van der Waals surface area contributed by atoms with E-state index in [1.807, 2.05) is 0 Å². The van der Waals surface area contributed by atoms with Crippen LogP contribution in [0.3, 0.4) is 0 Å². The van der Waals surface area contributed by atoms with Gasteiger partial charge in [0.25, 0.3) is 0 Å². The van der Waals surface area contributed by atoms with Crippen molar-refractivity contribution in [1.82, 2.24) is 14.9 Å². The molecule has 3 N–H and O–H groups in total. The summed E-state index contributed by atoms with van der Waals surface area (Å²) in [6.07, 6.45) is 2.74. The van der Waals surface area contributed by atoms with E-state index >= 15 is 0 Å². The second-order valence-electron chi connectivity index (χ2n) is 6.07. The number of aromatic nitrogens is 2. The average molecular weight is 260 g/mol. The first kappa shape index (κ1) is 14.0. The first-order valence-electron chi connectivity index (χ1n) is 6.75. The zero-order valence-corrected chi connectivity index (χ0v) is 12.3. The summed E-state index contributed by atoms with van der Waals surface area (Å²) >= 11 is 0. The van der Waals surface area contributed by atoms with Crippen molar-refractivity contribution < 1.29 is 0 Å². The molecule has 104 valence electrons. The Morgan fingerprint density at radius 3 is 2.74 bits per heavy atom. The number of H-pyrrole nitrogens is 1. The second kappa shape index (κ2) is 5.31. The molecule has 2 rings (SSSR count). The number of nitrogens with one attached hydrogen (secondary N) is 1. The number of benzene rings is 1. The Morgan fingerprint density at radius 1 is 1.37 bits per heavy atom. The van der Waals surface area contributed by atoms with Crippen molar-refractivity contribution in [3.05, 3.63) is 30.1 Å². The van der Waals surface area contributed by atoms with Crippen LogP contribution in [0.1, 0.15) is 31.9 Å². The zero-order chi connectivity index (χ0) is 14.0. The summed E-state index contributed by atoms with van der Waals surface area (Å²) in [5.74, 6) is 0. The third-order valence-corrected chi connectivity index (χ3v) is 3.81. The highest BCUT2D eigenvalue weighted by Crippen LogP contribution is 2.39. The predicted octanol–water partition coefficient (Wildman–Crippen LogP) is 2.54. The fraction of sp³-hybridized carbons (Fsp3) is 0.533. The number of nitrogens with zero attached hydrogens (tertiary/aromatic N) is 2. The summed E-state index contributed by atoms with van der Waals surface area (Å²) in [4.78, 5) is 9.73. The molecule has 0 aliphatic rings. The number of rotatable bonds is 5. The maximum absolute atomic E-state index is 5.77. The SMILES string of the molecule is CN(C)C(c1ccc2nc[nH]c2c1)C(C)(C)CCN. The fourth-order valence-corrected chi connectivity index (χ4v) is 3.08. The summed E-state index contributed by atoms with van der Waals surface area (Å²) in [6, 6.07) is 6.79. The average Bonchev–Trinajstić information content (AvgIpc) is 2.75. The van der Waals surface area contributed by atoms with Crippen LogP contribution >= 0.6 is 0 Å². The number of fused-ring (bicyclic) bond motifs is 1. The van der Waals surface area contributed by atoms with Crippen molar-refractivity contribution in [3.8, 4) is 0 Å². The van der Waals surface area contributed by atoms with Crippen LogP contribution in [-0.4, -0.2) is 35.5 Å². The van der Waals surface area contributed by atoms with Gasteiger partial charge in [0.15, 0.2) is 0 Å². The highest BCUT2D eigenvalue weighted by atomic mass is 15.1. The van der Waals surface area contributed by atoms with Crippen molar-refractivity contribution in [2.75, 3.05) is 20.6 Å². The Kier molecular flexibility index (Phi) is 3.92. The largest absolute Gasteiger partial charge is 0.345 e. The molecule has 0 aliphatic heterocycles. The molecule has 19 heavy (non-hydrogen) atoms. The van der Waals surface area contributed by atoms with Gasteiger partial charge in [0, 0.05) is 6.04 Å². The Labute approximate surface area is 115 Å². The molecule has 0 radical (unpaired) electrons. The van der Waals surface area contributed by atoms with Gasteiger partial charge in [-0.05, 0) is 50.2 Å². The van der Waals surface area contributed by atoms with Crippen molar-refractivity contribution in [3.63, 3.8) is 0 Å². The fourth-order valence-electron chi connectivity index (χ4n) is 3.08. The molecule has 0 fully saturated rings. The van der Waals surface area contributed by atoms with E-state index in [1.54, 1.807) is 6.33 Å². The maximum atomic E-state index is 5.77. The number of nitrogens with two attached hydrogens (primary N) is 1. The Morgan fingerprint density at radius 2 is 2.11 bits per heavy atom. The molecule has 0 aliphatic carbocycles. The molecule has 0 saturated carbocycles. The molecule has 4 nitrogen and oxygen atoms in total. The normalized spacial score (nSPS) is 14.2. The molecule has 0 bridgehead atoms. The van der Waals surface area contributed by atoms with Crippen LogP contribution < -0.4 is 5.73 Å². The lowest BCUT2D eigenvalue weighted by atomic mass is 9.77. The van der Waals surface area contributed by atoms with Crippen LogP contribution in [0, 0.1) is 5.41 Å². The molecule has 1 aromatic heterocycles. The molecular formula is C15H24N4. The second-order valence-corrected chi connectivity index (χ2v) is 6.07. The summed E-state index contributed by atoms with van der Waals surface area (Å²) in [7, 11) is 4.25. The Hall–Kier alpha value is -1.39. The lowest BCUT2D eigenvalue weighted by Crippen LogP contribution is -2.35. The molecule has 1 unspecified atom stereocenters. The van der Waals surface area contributed by atoms with Gasteiger partial charge in [-0.3, -0.25) is 0 Å². The van der Waals surface area contributed by atoms with Crippen molar-refractivity contribution >= 4 is 11.0 Å². The monoisotopic (exact) mass is 260 g/mol. The molecule has 4 heteroatoms. The third kappa shape index (κ3) is 2.80. The number of hydrogen-bond acceptors (Lipinski definition) is 3. The highest BCUT2D eigenvalue weighted by Gasteiger charge is 2.32. The molecule has 0 saturated heterocycles. The van der Waals surface area contributed by atoms with Crippen LogP contribution in [0.15, 0.2) is 24.5 Å². The van der Waals surface area contributed by atoms with E-state index < -0.39 is 0 Å². The van der Waals surface area contributed by atoms with E-state index in [0.717, 1.165) is 17.5 Å². The van der Waals surface area contributed by atoms with Crippen LogP contribution in [0.4, 0.5) is 0 Å². The summed E-state index contributed by atoms with van der Waals surface area (Å²) in [5, 5.41) is 0. The van der Waals surface area contributed by atoms with E-state index in [-0.39, 0.29) is 5.41 Å². The minimum absolute atomic E-state index is 0.131. The first-order valence-corrected chi connectivity index (χ1v) is 6.75. The maximum Gasteiger partial charge on any atom is 0.0931 e. The molecule has 2 aromatic rings. The first-order chi connectivity index (χ1) is 8.95. The smallest absolute Gasteiger partial charge is 0.0931 e. The van der Waals surface area contributed by atoms with Crippen molar-refractivity contribution in [2.45, 2.75) is 26.3 Å². The van der Waals surface area contributed by atoms with Gasteiger partial charge < -0.3 is 15.6 Å². The van der Waals surface area contributed by atoms with E-state index in [2.05, 4.69) is 61.0 Å². The highest BCUT2D eigenvalue weighted by molar-refractivity contribution is 5.75. The van der Waals surface area contributed by atoms with Crippen molar-refractivity contribution in [2.24, 2.45) is 11.1 Å². The summed E-state index contributed by atoms with van der Waals surface area (Å²) < 4.78 is 0. The van der Waals surface area contributed by atoms with Crippen LogP contribution in [0.25, 0.3) is 11.0 Å². The minimum Gasteiger partial charge on any atom is -0.345 e. The van der Waals surface area contributed by atoms with Crippen LogP contribution in [0.5, 0.6) is 0 Å². The van der Waals surface area contributed by atoms with E-state index in [9.17, 15) is 0 Å². The Balaban J connectivity index is 2.43. The van der Waals surface area contributed by atoms with E-state index in [0.29, 0.717) is 12.6 Å². The Bertz CT molecular complexity index is 542. The van der Waals surface area contributed by atoms with Gasteiger partial charge >= 0.3 is 0 Å². The lowest BCUT2D eigenvalue weighted by molar-refractivity contribution is 0.128. The van der Waals surface area contributed by atoms with Gasteiger partial charge in [-0.15, -0.1) is 0 Å². The molecule has 0 spiro atoms. The third-order valence-electron chi connectivity index (χ3n) is 3.81. The molecule has 0 amide bonds. The number of hydrogen-bond donors (Lipinski definition) is 2. The zero-order valence-electron chi connectivity index (χ0n) is 12.3. The van der Waals surface area contributed by atoms with Crippen LogP contribution in [0.2, 0.25) is 0 Å². The molecular weight excluding hydrogens is 236 g/mol. The summed E-state index contributed by atoms with van der Waals surface area (Å²) in [5.41, 5.74) is 9.31. The topological polar surface area (TPSA) is 57.9 Å². The van der Waals surface area contributed by atoms with Crippen molar-refractivity contribution in [1.29, 1.82) is 0 Å². The predicted molar refractivity (Wildman–Crippen MR) is 80.0 cm³/mol. The number of imidazole rings is 1. The summed E-state index contributed by atoms with van der Waals surface area (Å²) in [6.45, 7) is 5.27. The quantitative estimate of drug-likeness (QED) is 0.868. The molecule has 1 atom stereocenters. The van der Waals surface area contributed by atoms with E-state index in [1.165, 1.54) is 5.56 Å². The van der Waals surface area contributed by atoms with Gasteiger partial charge in [-0.1, -0.05) is 19.9 Å². The van der Waals surface area contributed by atoms with Gasteiger partial charge in [0.05, 0.1) is 17.4 Å². The lowest BCUT2D eigenvalue weighted by Gasteiger charge is -2.39.